The van der Waals surface area contributed by atoms with Crippen LogP contribution in [0.1, 0.15) is 30.5 Å². The molecule has 1 saturated carbocycles. The van der Waals surface area contributed by atoms with E-state index in [1.807, 2.05) is 11.0 Å². The molecule has 136 valence electrons. The summed E-state index contributed by atoms with van der Waals surface area (Å²) in [6, 6.07) is 8.35. The van der Waals surface area contributed by atoms with Crippen LogP contribution >= 0.6 is 0 Å². The number of rotatable bonds is 2. The van der Waals surface area contributed by atoms with E-state index in [4.69, 9.17) is 9.84 Å². The number of hydrogen-bond donors (Lipinski definition) is 2. The lowest BCUT2D eigenvalue weighted by atomic mass is 9.83. The number of amides is 1. The fraction of sp³-hybridized carbons (Fsp3) is 0.500. The fourth-order valence-electron chi connectivity index (χ4n) is 4.73. The number of fused-ring (bicyclic) bond motifs is 4. The minimum atomic E-state index is -0.852. The van der Waals surface area contributed by atoms with Gasteiger partial charge in [0.25, 0.3) is 0 Å². The zero-order chi connectivity index (χ0) is 17.9. The van der Waals surface area contributed by atoms with Crippen LogP contribution in [-0.4, -0.2) is 46.6 Å². The van der Waals surface area contributed by atoms with E-state index in [0.717, 1.165) is 24.8 Å². The van der Waals surface area contributed by atoms with Crippen LogP contribution in [0.25, 0.3) is 10.9 Å². The number of carboxylic acids is 1. The largest absolute Gasteiger partial charge is 0.481 e. The Morgan fingerprint density at radius 1 is 1.19 bits per heavy atom. The number of para-hydroxylation sites is 1. The van der Waals surface area contributed by atoms with Gasteiger partial charge in [-0.2, -0.15) is 0 Å². The quantitative estimate of drug-likeness (QED) is 0.867. The Morgan fingerprint density at radius 2 is 1.96 bits per heavy atom. The predicted octanol–water partition coefficient (Wildman–Crippen LogP) is 2.28. The average Bonchev–Trinajstić information content (AvgIpc) is 3.37. The van der Waals surface area contributed by atoms with Crippen molar-refractivity contribution >= 4 is 22.8 Å². The molecule has 6 nitrogen and oxygen atoms in total. The van der Waals surface area contributed by atoms with Crippen molar-refractivity contribution in [3.8, 4) is 0 Å². The number of carbonyl (C=O) groups is 2. The van der Waals surface area contributed by atoms with Gasteiger partial charge < -0.3 is 19.7 Å². The third kappa shape index (κ3) is 2.28. The number of piperidine rings is 1. The van der Waals surface area contributed by atoms with Gasteiger partial charge in [0.1, 0.15) is 5.60 Å². The van der Waals surface area contributed by atoms with Gasteiger partial charge in [0.2, 0.25) is 5.91 Å². The molecule has 2 N–H and O–H groups in total. The van der Waals surface area contributed by atoms with Crippen LogP contribution in [0.5, 0.6) is 0 Å². The molecule has 2 fully saturated rings. The third-order valence-corrected chi connectivity index (χ3v) is 6.31. The van der Waals surface area contributed by atoms with Crippen LogP contribution in [-0.2, 0) is 26.3 Å². The molecule has 5 rings (SSSR count). The lowest BCUT2D eigenvalue weighted by Gasteiger charge is -2.43. The van der Waals surface area contributed by atoms with Crippen molar-refractivity contribution in [3.05, 3.63) is 35.5 Å². The monoisotopic (exact) mass is 354 g/mol. The molecule has 1 aromatic carbocycles. The number of ether oxygens (including phenoxy) is 1. The molecular formula is C20H22N2O4. The first-order chi connectivity index (χ1) is 12.6. The predicted molar refractivity (Wildman–Crippen MR) is 94.7 cm³/mol. The van der Waals surface area contributed by atoms with Crippen molar-refractivity contribution in [1.29, 1.82) is 0 Å². The molecule has 2 aromatic rings. The molecule has 0 bridgehead atoms. The number of H-pyrrole nitrogens is 1. The van der Waals surface area contributed by atoms with Crippen LogP contribution < -0.4 is 0 Å². The molecule has 1 saturated heterocycles. The topological polar surface area (TPSA) is 82.6 Å². The highest BCUT2D eigenvalue weighted by Gasteiger charge is 2.51. The standard InChI is InChI=1S/C20H22N2O4/c23-18(14-11-15(14)19(24)25)22-8-6-20(7-9-22)17-13(5-10-26-20)12-3-1-2-4-16(12)21-17/h1-4,14-15,21H,5-11H2,(H,24,25). The summed E-state index contributed by atoms with van der Waals surface area (Å²) < 4.78 is 6.26. The van der Waals surface area contributed by atoms with Crippen LogP contribution in [0.4, 0.5) is 0 Å². The molecule has 0 radical (unpaired) electrons. The number of aliphatic carboxylic acids is 1. The third-order valence-electron chi connectivity index (χ3n) is 6.31. The summed E-state index contributed by atoms with van der Waals surface area (Å²) in [6.45, 7) is 1.94. The Balaban J connectivity index is 1.37. The lowest BCUT2D eigenvalue weighted by Crippen LogP contribution is -2.49. The van der Waals surface area contributed by atoms with Crippen LogP contribution in [0.3, 0.4) is 0 Å². The van der Waals surface area contributed by atoms with E-state index in [1.54, 1.807) is 0 Å². The first-order valence-corrected chi connectivity index (χ1v) is 9.35. The highest BCUT2D eigenvalue weighted by molar-refractivity contribution is 5.89. The lowest BCUT2D eigenvalue weighted by molar-refractivity contribution is -0.146. The molecule has 26 heavy (non-hydrogen) atoms. The smallest absolute Gasteiger partial charge is 0.307 e. The zero-order valence-electron chi connectivity index (χ0n) is 14.5. The summed E-state index contributed by atoms with van der Waals surface area (Å²) in [5.41, 5.74) is 3.31. The second-order valence-electron chi connectivity index (χ2n) is 7.73. The number of benzene rings is 1. The zero-order valence-corrected chi connectivity index (χ0v) is 14.5. The molecule has 1 aliphatic carbocycles. The normalized spacial score (nSPS) is 26.7. The van der Waals surface area contributed by atoms with Crippen molar-refractivity contribution in [2.24, 2.45) is 11.8 Å². The second kappa shape index (κ2) is 5.58. The molecule has 2 atom stereocenters. The maximum absolute atomic E-state index is 12.5. The molecule has 1 aromatic heterocycles. The van der Waals surface area contributed by atoms with Gasteiger partial charge in [-0.3, -0.25) is 9.59 Å². The molecule has 2 aliphatic heterocycles. The highest BCUT2D eigenvalue weighted by Crippen LogP contribution is 2.45. The fourth-order valence-corrected chi connectivity index (χ4v) is 4.73. The number of carboxylic acid groups (broad SMARTS) is 1. The Morgan fingerprint density at radius 3 is 2.69 bits per heavy atom. The van der Waals surface area contributed by atoms with E-state index in [1.165, 1.54) is 16.6 Å². The highest BCUT2D eigenvalue weighted by atomic mass is 16.5. The van der Waals surface area contributed by atoms with Crippen molar-refractivity contribution < 1.29 is 19.4 Å². The molecule has 3 aliphatic rings. The van der Waals surface area contributed by atoms with Gasteiger partial charge in [0, 0.05) is 24.0 Å². The second-order valence-corrected chi connectivity index (χ2v) is 7.73. The van der Waals surface area contributed by atoms with Gasteiger partial charge in [-0.1, -0.05) is 18.2 Å². The van der Waals surface area contributed by atoms with Gasteiger partial charge >= 0.3 is 5.97 Å². The Bertz CT molecular complexity index is 894. The maximum atomic E-state index is 12.5. The van der Waals surface area contributed by atoms with Gasteiger partial charge in [-0.15, -0.1) is 0 Å². The van der Waals surface area contributed by atoms with Crippen LogP contribution in [0.15, 0.2) is 24.3 Å². The Kier molecular flexibility index (Phi) is 3.41. The van der Waals surface area contributed by atoms with Crippen molar-refractivity contribution in [2.45, 2.75) is 31.3 Å². The molecule has 6 heteroatoms. The minimum absolute atomic E-state index is 0.0000651. The molecule has 3 heterocycles. The molecule has 1 amide bonds. The van der Waals surface area contributed by atoms with Crippen LogP contribution in [0, 0.1) is 11.8 Å². The number of nitrogens with one attached hydrogen (secondary N) is 1. The minimum Gasteiger partial charge on any atom is -0.481 e. The van der Waals surface area contributed by atoms with Crippen molar-refractivity contribution in [3.63, 3.8) is 0 Å². The van der Waals surface area contributed by atoms with Crippen molar-refractivity contribution in [2.75, 3.05) is 19.7 Å². The number of likely N-dealkylation sites (tertiary alicyclic amines) is 1. The van der Waals surface area contributed by atoms with Gasteiger partial charge in [0.15, 0.2) is 0 Å². The summed E-state index contributed by atoms with van der Waals surface area (Å²) in [4.78, 5) is 29.0. The van der Waals surface area contributed by atoms with Gasteiger partial charge in [-0.25, -0.2) is 0 Å². The van der Waals surface area contributed by atoms with E-state index in [0.29, 0.717) is 26.1 Å². The average molecular weight is 354 g/mol. The first kappa shape index (κ1) is 15.9. The number of hydrogen-bond acceptors (Lipinski definition) is 3. The SMILES string of the molecule is O=C(O)C1CC1C(=O)N1CCC2(CC1)OCCc1c2[nH]c2ccccc12. The number of aromatic amines is 1. The van der Waals surface area contributed by atoms with Gasteiger partial charge in [-0.05, 0) is 37.3 Å². The summed E-state index contributed by atoms with van der Waals surface area (Å²) >= 11 is 0. The number of aromatic nitrogens is 1. The summed E-state index contributed by atoms with van der Waals surface area (Å²) in [6.07, 6.45) is 2.90. The Labute approximate surface area is 151 Å². The Hall–Kier alpha value is -2.34. The number of carbonyl (C=O) groups excluding carboxylic acids is 1. The molecule has 1 spiro atoms. The molecular weight excluding hydrogens is 332 g/mol. The molecule has 2 unspecified atom stereocenters. The van der Waals surface area contributed by atoms with E-state index in [9.17, 15) is 9.59 Å². The van der Waals surface area contributed by atoms with Gasteiger partial charge in [0.05, 0.1) is 24.1 Å². The summed E-state index contributed by atoms with van der Waals surface area (Å²) in [5.74, 6) is -1.66. The summed E-state index contributed by atoms with van der Waals surface area (Å²) in [5, 5.41) is 10.3. The van der Waals surface area contributed by atoms with E-state index in [-0.39, 0.29) is 17.4 Å². The van der Waals surface area contributed by atoms with E-state index < -0.39 is 11.9 Å². The van der Waals surface area contributed by atoms with E-state index in [2.05, 4.69) is 23.2 Å². The van der Waals surface area contributed by atoms with Crippen molar-refractivity contribution in [1.82, 2.24) is 9.88 Å². The summed E-state index contributed by atoms with van der Waals surface area (Å²) in [7, 11) is 0. The van der Waals surface area contributed by atoms with Crippen LogP contribution in [0.2, 0.25) is 0 Å². The van der Waals surface area contributed by atoms with E-state index >= 15 is 0 Å². The maximum Gasteiger partial charge on any atom is 0.307 e. The first-order valence-electron chi connectivity index (χ1n) is 9.35. The number of nitrogens with zero attached hydrogens (tertiary/aromatic N) is 1.